The molecule has 182 valence electrons. The summed E-state index contributed by atoms with van der Waals surface area (Å²) >= 11 is 7.52. The van der Waals surface area contributed by atoms with Crippen LogP contribution in [0.25, 0.3) is 22.7 Å². The molecule has 9 nitrogen and oxygen atoms in total. The normalized spacial score (nSPS) is 11.7. The van der Waals surface area contributed by atoms with Crippen LogP contribution in [0.4, 0.5) is 22.2 Å². The van der Waals surface area contributed by atoms with Gasteiger partial charge in [0.05, 0.1) is 27.2 Å². The maximum Gasteiger partial charge on any atom is 0.231 e. The molecule has 2 aromatic carbocycles. The van der Waals surface area contributed by atoms with Crippen LogP contribution in [-0.2, 0) is 4.79 Å². The summed E-state index contributed by atoms with van der Waals surface area (Å²) in [4.78, 5) is 26.3. The van der Waals surface area contributed by atoms with E-state index in [0.29, 0.717) is 32.8 Å². The number of benzene rings is 2. The second kappa shape index (κ2) is 11.1. The number of nitriles is 1. The van der Waals surface area contributed by atoms with Crippen molar-refractivity contribution in [3.63, 3.8) is 0 Å². The molecule has 4 rings (SSSR count). The molecule has 2 N–H and O–H groups in total. The molecular formula is C25H23ClN8OS. The topological polar surface area (TPSA) is 122 Å². The van der Waals surface area contributed by atoms with Crippen LogP contribution < -0.4 is 10.2 Å². The molecule has 11 heteroatoms. The van der Waals surface area contributed by atoms with Crippen molar-refractivity contribution in [1.82, 2.24) is 15.0 Å². The zero-order valence-corrected chi connectivity index (χ0v) is 21.5. The number of rotatable bonds is 8. The average molecular weight is 519 g/mol. The molecule has 0 aliphatic heterocycles. The maximum absolute atomic E-state index is 11.7. The van der Waals surface area contributed by atoms with Gasteiger partial charge in [0.15, 0.2) is 0 Å². The Kier molecular flexibility index (Phi) is 7.73. The fraction of sp³-hybridized carbons (Fsp3) is 0.200. The van der Waals surface area contributed by atoms with Gasteiger partial charge in [0.25, 0.3) is 0 Å². The summed E-state index contributed by atoms with van der Waals surface area (Å²) in [5.41, 5.74) is 3.93. The predicted octanol–water partition coefficient (Wildman–Crippen LogP) is 6.96. The van der Waals surface area contributed by atoms with Gasteiger partial charge >= 0.3 is 0 Å². The number of H-pyrrole nitrogens is 1. The Labute approximate surface area is 217 Å². The van der Waals surface area contributed by atoms with E-state index < -0.39 is 0 Å². The number of amides is 1. The lowest BCUT2D eigenvalue weighted by molar-refractivity contribution is -0.114. The third kappa shape index (κ3) is 5.59. The molecule has 4 aromatic rings. The first-order valence-electron chi connectivity index (χ1n) is 11.2. The molecule has 0 fully saturated rings. The Balaban J connectivity index is 1.62. The summed E-state index contributed by atoms with van der Waals surface area (Å²) in [7, 11) is 0. The number of halogens is 1. The number of hydrogen-bond donors (Lipinski definition) is 2. The quantitative estimate of drug-likeness (QED) is 0.193. The largest absolute Gasteiger partial charge is 0.372 e. The summed E-state index contributed by atoms with van der Waals surface area (Å²) < 4.78 is 0. The zero-order chi connectivity index (χ0) is 25.7. The summed E-state index contributed by atoms with van der Waals surface area (Å²) in [5, 5.41) is 21.6. The van der Waals surface area contributed by atoms with E-state index >= 15 is 0 Å². The summed E-state index contributed by atoms with van der Waals surface area (Å²) in [5.74, 6) is 0.238. The molecule has 1 amide bonds. The van der Waals surface area contributed by atoms with Crippen LogP contribution in [0.1, 0.15) is 31.5 Å². The van der Waals surface area contributed by atoms with Crippen LogP contribution in [0.3, 0.4) is 0 Å². The molecule has 0 saturated heterocycles. The van der Waals surface area contributed by atoms with Crippen LogP contribution in [0.2, 0.25) is 5.15 Å². The first kappa shape index (κ1) is 25.0. The highest BCUT2D eigenvalue weighted by Gasteiger charge is 2.13. The van der Waals surface area contributed by atoms with Crippen molar-refractivity contribution < 1.29 is 4.79 Å². The lowest BCUT2D eigenvalue weighted by atomic mass is 10.2. The van der Waals surface area contributed by atoms with Gasteiger partial charge in [-0.1, -0.05) is 35.1 Å². The number of anilines is 2. The number of carbonyl (C=O) groups excluding carboxylic acids is 1. The van der Waals surface area contributed by atoms with Gasteiger partial charge in [-0.25, -0.2) is 9.97 Å². The van der Waals surface area contributed by atoms with Gasteiger partial charge in [0.1, 0.15) is 22.7 Å². The number of nitrogens with one attached hydrogen (secondary N) is 2. The highest BCUT2D eigenvalue weighted by molar-refractivity contribution is 7.16. The minimum Gasteiger partial charge on any atom is -0.372 e. The fourth-order valence-corrected chi connectivity index (χ4v) is 4.60. The van der Waals surface area contributed by atoms with Crippen molar-refractivity contribution in [2.24, 2.45) is 10.2 Å². The van der Waals surface area contributed by atoms with Crippen molar-refractivity contribution in [2.75, 3.05) is 23.3 Å². The van der Waals surface area contributed by atoms with Crippen LogP contribution in [0, 0.1) is 11.3 Å². The first-order valence-corrected chi connectivity index (χ1v) is 12.4. The smallest absolute Gasteiger partial charge is 0.231 e. The molecule has 0 saturated carbocycles. The Bertz CT molecular complexity index is 1480. The van der Waals surface area contributed by atoms with Gasteiger partial charge in [-0.2, -0.15) is 5.26 Å². The van der Waals surface area contributed by atoms with Gasteiger partial charge in [-0.3, -0.25) is 4.79 Å². The number of allylic oxidation sites excluding steroid dienone is 1. The molecule has 0 bridgehead atoms. The van der Waals surface area contributed by atoms with Crippen LogP contribution >= 0.6 is 22.9 Å². The van der Waals surface area contributed by atoms with Crippen molar-refractivity contribution in [3.8, 4) is 6.07 Å². The van der Waals surface area contributed by atoms with Gasteiger partial charge < -0.3 is 15.2 Å². The zero-order valence-electron chi connectivity index (χ0n) is 19.9. The lowest BCUT2D eigenvalue weighted by Gasteiger charge is -2.22. The second-order valence-corrected chi connectivity index (χ2v) is 9.05. The van der Waals surface area contributed by atoms with Crippen molar-refractivity contribution in [1.29, 1.82) is 5.26 Å². The highest BCUT2D eigenvalue weighted by atomic mass is 35.5. The minimum atomic E-state index is -0.206. The van der Waals surface area contributed by atoms with Gasteiger partial charge in [-0.15, -0.1) is 10.2 Å². The molecule has 0 aliphatic carbocycles. The number of aromatic amines is 1. The van der Waals surface area contributed by atoms with Gasteiger partial charge in [-0.05, 0) is 50.3 Å². The molecule has 0 radical (unpaired) electrons. The number of nitrogens with zero attached hydrogens (tertiary/aromatic N) is 6. The Morgan fingerprint density at radius 1 is 1.22 bits per heavy atom. The van der Waals surface area contributed by atoms with E-state index in [-0.39, 0.29) is 11.1 Å². The SMILES string of the molecule is CCN(CC)c1ccc(N=Nc2nc(Cl)c(/C=C(\C#N)c3nc4ccccc4[nH]3)s2)c(NC(C)=O)c1. The van der Waals surface area contributed by atoms with Crippen LogP contribution in [0.15, 0.2) is 52.7 Å². The summed E-state index contributed by atoms with van der Waals surface area (Å²) in [6.45, 7) is 7.25. The van der Waals surface area contributed by atoms with E-state index in [4.69, 9.17) is 11.6 Å². The maximum atomic E-state index is 11.7. The molecule has 0 aliphatic rings. The van der Waals surface area contributed by atoms with Gasteiger partial charge in [0.2, 0.25) is 11.0 Å². The van der Waals surface area contributed by atoms with E-state index in [1.165, 1.54) is 18.3 Å². The lowest BCUT2D eigenvalue weighted by Crippen LogP contribution is -2.21. The van der Waals surface area contributed by atoms with Crippen molar-refractivity contribution in [3.05, 3.63) is 58.3 Å². The van der Waals surface area contributed by atoms with E-state index in [1.54, 1.807) is 12.1 Å². The number of thiazole rings is 1. The molecule has 0 atom stereocenters. The van der Waals surface area contributed by atoms with Crippen LogP contribution in [0.5, 0.6) is 0 Å². The monoisotopic (exact) mass is 518 g/mol. The average Bonchev–Trinajstić information content (AvgIpc) is 3.45. The van der Waals surface area contributed by atoms with Crippen LogP contribution in [-0.4, -0.2) is 33.9 Å². The molecule has 2 aromatic heterocycles. The Morgan fingerprint density at radius 3 is 2.69 bits per heavy atom. The Hall–Kier alpha value is -4.07. The third-order valence-corrected chi connectivity index (χ3v) is 6.59. The number of aromatic nitrogens is 3. The minimum absolute atomic E-state index is 0.205. The van der Waals surface area contributed by atoms with E-state index in [1.807, 2.05) is 36.4 Å². The Morgan fingerprint density at radius 2 is 2.00 bits per heavy atom. The molecule has 0 spiro atoms. The number of fused-ring (bicyclic) bond motifs is 1. The molecule has 2 heterocycles. The number of hydrogen-bond acceptors (Lipinski definition) is 8. The first-order chi connectivity index (χ1) is 17.4. The molecule has 0 unspecified atom stereocenters. The van der Waals surface area contributed by atoms with E-state index in [0.717, 1.165) is 29.8 Å². The number of para-hydroxylation sites is 2. The van der Waals surface area contributed by atoms with E-state index in [9.17, 15) is 10.1 Å². The van der Waals surface area contributed by atoms with E-state index in [2.05, 4.69) is 55.3 Å². The predicted molar refractivity (Wildman–Crippen MR) is 145 cm³/mol. The van der Waals surface area contributed by atoms with Gasteiger partial charge in [0, 0.05) is 25.7 Å². The van der Waals surface area contributed by atoms with Crippen molar-refractivity contribution in [2.45, 2.75) is 20.8 Å². The third-order valence-electron chi connectivity index (χ3n) is 5.30. The molecular weight excluding hydrogens is 496 g/mol. The summed E-state index contributed by atoms with van der Waals surface area (Å²) in [6.07, 6.45) is 1.62. The number of azo groups is 1. The fourth-order valence-electron chi connectivity index (χ4n) is 3.58. The number of carbonyl (C=O) groups is 1. The van der Waals surface area contributed by atoms with Crippen molar-refractivity contribution >= 4 is 73.7 Å². The second-order valence-electron chi connectivity index (χ2n) is 7.68. The summed E-state index contributed by atoms with van der Waals surface area (Å²) in [6, 6.07) is 15.3. The number of imidazole rings is 1. The highest BCUT2D eigenvalue weighted by Crippen LogP contribution is 2.35. The molecule has 36 heavy (non-hydrogen) atoms. The standard InChI is InChI=1S/C25H23ClN8OS/c1-4-34(5-2)17-10-11-20(21(13-17)28-15(3)35)32-33-25-31-23(26)22(36-25)12-16(14-27)24-29-18-8-6-7-9-19(18)30-24/h6-13H,4-5H2,1-3H3,(H,28,35)(H,29,30)/b16-12+,33-32?.